The number of oxazole rings is 1. The summed E-state index contributed by atoms with van der Waals surface area (Å²) in [6, 6.07) is 18.9. The first-order valence-corrected chi connectivity index (χ1v) is 8.91. The first kappa shape index (κ1) is 17.7. The van der Waals surface area contributed by atoms with Gasteiger partial charge >= 0.3 is 0 Å². The SMILES string of the molecule is CN(C)c1ccc(/C=C(/C(=O)c2cccnc2)c2nc3ccccc3o2)cc1. The Morgan fingerprint density at radius 1 is 1.00 bits per heavy atom. The molecule has 5 nitrogen and oxygen atoms in total. The molecular weight excluding hydrogens is 350 g/mol. The molecule has 0 aliphatic rings. The Kier molecular flexibility index (Phi) is 4.72. The highest BCUT2D eigenvalue weighted by molar-refractivity contribution is 6.31. The minimum Gasteiger partial charge on any atom is -0.436 e. The molecule has 0 unspecified atom stereocenters. The highest BCUT2D eigenvalue weighted by atomic mass is 16.3. The third-order valence-corrected chi connectivity index (χ3v) is 4.41. The predicted molar refractivity (Wildman–Crippen MR) is 111 cm³/mol. The van der Waals surface area contributed by atoms with Crippen molar-refractivity contribution in [3.63, 3.8) is 0 Å². The van der Waals surface area contributed by atoms with Crippen molar-refractivity contribution in [2.75, 3.05) is 19.0 Å². The molecule has 5 heteroatoms. The number of para-hydroxylation sites is 2. The molecule has 4 aromatic rings. The van der Waals surface area contributed by atoms with Crippen molar-refractivity contribution in [1.82, 2.24) is 9.97 Å². The van der Waals surface area contributed by atoms with Crippen LogP contribution < -0.4 is 4.90 Å². The Bertz CT molecular complexity index is 1110. The molecule has 0 amide bonds. The summed E-state index contributed by atoms with van der Waals surface area (Å²) < 4.78 is 5.88. The molecule has 2 heterocycles. The van der Waals surface area contributed by atoms with Gasteiger partial charge < -0.3 is 9.32 Å². The van der Waals surface area contributed by atoms with Gasteiger partial charge in [-0.25, -0.2) is 4.98 Å². The molecule has 0 bridgehead atoms. The topological polar surface area (TPSA) is 59.2 Å². The van der Waals surface area contributed by atoms with Crippen molar-refractivity contribution in [3.8, 4) is 0 Å². The van der Waals surface area contributed by atoms with Crippen molar-refractivity contribution in [1.29, 1.82) is 0 Å². The zero-order valence-corrected chi connectivity index (χ0v) is 15.7. The summed E-state index contributed by atoms with van der Waals surface area (Å²) in [5.41, 5.74) is 4.21. The number of hydrogen-bond donors (Lipinski definition) is 0. The lowest BCUT2D eigenvalue weighted by molar-refractivity contribution is 0.105. The molecule has 2 aromatic heterocycles. The van der Waals surface area contributed by atoms with Crippen LogP contribution >= 0.6 is 0 Å². The molecule has 28 heavy (non-hydrogen) atoms. The second kappa shape index (κ2) is 7.48. The minimum absolute atomic E-state index is 0.184. The fourth-order valence-corrected chi connectivity index (χ4v) is 2.90. The van der Waals surface area contributed by atoms with Crippen LogP contribution in [0.5, 0.6) is 0 Å². The van der Waals surface area contributed by atoms with Gasteiger partial charge in [-0.2, -0.15) is 0 Å². The van der Waals surface area contributed by atoms with Gasteiger partial charge in [0.25, 0.3) is 0 Å². The Morgan fingerprint density at radius 3 is 2.46 bits per heavy atom. The molecule has 0 atom stereocenters. The summed E-state index contributed by atoms with van der Waals surface area (Å²) in [7, 11) is 3.97. The molecule has 4 rings (SSSR count). The normalized spacial score (nSPS) is 11.6. The van der Waals surface area contributed by atoms with Gasteiger partial charge in [-0.15, -0.1) is 0 Å². The third-order valence-electron chi connectivity index (χ3n) is 4.41. The van der Waals surface area contributed by atoms with Gasteiger partial charge in [0, 0.05) is 37.7 Å². The summed E-state index contributed by atoms with van der Waals surface area (Å²) in [5, 5.41) is 0. The lowest BCUT2D eigenvalue weighted by Gasteiger charge is -2.12. The van der Waals surface area contributed by atoms with Crippen LogP contribution in [0.3, 0.4) is 0 Å². The van der Waals surface area contributed by atoms with E-state index in [0.717, 1.165) is 11.3 Å². The van der Waals surface area contributed by atoms with Gasteiger partial charge in [0.05, 0.1) is 5.57 Å². The van der Waals surface area contributed by atoms with Crippen molar-refractivity contribution in [3.05, 3.63) is 90.1 Å². The number of nitrogens with zero attached hydrogens (tertiary/aromatic N) is 3. The van der Waals surface area contributed by atoms with Gasteiger partial charge in [0.15, 0.2) is 11.4 Å². The largest absolute Gasteiger partial charge is 0.436 e. The summed E-state index contributed by atoms with van der Waals surface area (Å²) in [4.78, 5) is 23.8. The molecule has 0 aliphatic heterocycles. The molecule has 0 spiro atoms. The number of allylic oxidation sites excluding steroid dienone is 1. The van der Waals surface area contributed by atoms with Crippen LogP contribution in [0.25, 0.3) is 22.7 Å². The van der Waals surface area contributed by atoms with E-state index < -0.39 is 0 Å². The third kappa shape index (κ3) is 3.55. The number of pyridine rings is 1. The van der Waals surface area contributed by atoms with Gasteiger partial charge in [0.2, 0.25) is 5.89 Å². The van der Waals surface area contributed by atoms with E-state index in [1.807, 2.05) is 67.5 Å². The van der Waals surface area contributed by atoms with Crippen molar-refractivity contribution < 1.29 is 9.21 Å². The predicted octanol–water partition coefficient (Wildman–Crippen LogP) is 4.71. The fourth-order valence-electron chi connectivity index (χ4n) is 2.90. The summed E-state index contributed by atoms with van der Waals surface area (Å²) in [6.07, 6.45) is 4.99. The number of carbonyl (C=O) groups excluding carboxylic acids is 1. The van der Waals surface area contributed by atoms with E-state index in [0.29, 0.717) is 28.1 Å². The zero-order valence-electron chi connectivity index (χ0n) is 15.7. The quantitative estimate of drug-likeness (QED) is 0.377. The number of rotatable bonds is 5. The second-order valence-electron chi connectivity index (χ2n) is 6.60. The monoisotopic (exact) mass is 369 g/mol. The molecule has 0 saturated heterocycles. The van der Waals surface area contributed by atoms with Crippen molar-refractivity contribution >= 4 is 34.2 Å². The van der Waals surface area contributed by atoms with Gasteiger partial charge in [-0.3, -0.25) is 9.78 Å². The standard InChI is InChI=1S/C23H19N3O2/c1-26(2)18-11-9-16(10-12-18)14-19(22(27)17-6-5-13-24-15-17)23-25-20-7-3-4-8-21(20)28-23/h3-15H,1-2H3/b19-14-. The number of aromatic nitrogens is 2. The Labute approximate surface area is 163 Å². The second-order valence-corrected chi connectivity index (χ2v) is 6.60. The maximum Gasteiger partial charge on any atom is 0.231 e. The van der Waals surface area contributed by atoms with E-state index in [1.165, 1.54) is 0 Å². The highest BCUT2D eigenvalue weighted by Crippen LogP contribution is 2.26. The molecule has 2 aromatic carbocycles. The van der Waals surface area contributed by atoms with Crippen molar-refractivity contribution in [2.45, 2.75) is 0 Å². The van der Waals surface area contributed by atoms with Gasteiger partial charge in [-0.05, 0) is 48.0 Å². The van der Waals surface area contributed by atoms with Crippen LogP contribution in [0.1, 0.15) is 21.8 Å². The Morgan fingerprint density at radius 2 is 1.79 bits per heavy atom. The summed E-state index contributed by atoms with van der Waals surface area (Å²) in [5.74, 6) is 0.114. The highest BCUT2D eigenvalue weighted by Gasteiger charge is 2.20. The zero-order chi connectivity index (χ0) is 19.5. The maximum atomic E-state index is 13.2. The Balaban J connectivity index is 1.82. The number of ketones is 1. The number of Topliss-reactive ketones (excluding diaryl/α,β-unsaturated/α-hetero) is 1. The van der Waals surface area contributed by atoms with E-state index in [4.69, 9.17) is 4.42 Å². The van der Waals surface area contributed by atoms with Crippen LogP contribution in [0.2, 0.25) is 0 Å². The number of benzene rings is 2. The average Bonchev–Trinajstić information content (AvgIpc) is 3.16. The van der Waals surface area contributed by atoms with Crippen LogP contribution in [0.4, 0.5) is 5.69 Å². The molecule has 0 saturated carbocycles. The summed E-state index contributed by atoms with van der Waals surface area (Å²) >= 11 is 0. The Hall–Kier alpha value is -3.73. The summed E-state index contributed by atoms with van der Waals surface area (Å²) in [6.45, 7) is 0. The van der Waals surface area contributed by atoms with Gasteiger partial charge in [-0.1, -0.05) is 24.3 Å². The van der Waals surface area contributed by atoms with E-state index >= 15 is 0 Å². The first-order valence-electron chi connectivity index (χ1n) is 8.91. The van der Waals surface area contributed by atoms with E-state index in [9.17, 15) is 4.79 Å². The maximum absolute atomic E-state index is 13.2. The number of fused-ring (bicyclic) bond motifs is 1. The minimum atomic E-state index is -0.184. The first-order chi connectivity index (χ1) is 13.6. The van der Waals surface area contributed by atoms with Crippen molar-refractivity contribution in [2.24, 2.45) is 0 Å². The van der Waals surface area contributed by atoms with Crippen LogP contribution in [0.15, 0.2) is 77.5 Å². The molecule has 0 fully saturated rings. The van der Waals surface area contributed by atoms with E-state index in [1.54, 1.807) is 30.6 Å². The lowest BCUT2D eigenvalue weighted by Crippen LogP contribution is -2.08. The number of anilines is 1. The molecule has 0 N–H and O–H groups in total. The lowest BCUT2D eigenvalue weighted by atomic mass is 10.0. The molecule has 0 radical (unpaired) electrons. The van der Waals surface area contributed by atoms with Crippen LogP contribution in [-0.4, -0.2) is 29.8 Å². The van der Waals surface area contributed by atoms with Crippen LogP contribution in [-0.2, 0) is 0 Å². The van der Waals surface area contributed by atoms with E-state index in [2.05, 4.69) is 9.97 Å². The molecule has 0 aliphatic carbocycles. The fraction of sp³-hybridized carbons (Fsp3) is 0.0870. The molecule has 138 valence electrons. The average molecular weight is 369 g/mol. The van der Waals surface area contributed by atoms with Gasteiger partial charge in [0.1, 0.15) is 5.52 Å². The molecular formula is C23H19N3O2. The smallest absolute Gasteiger partial charge is 0.231 e. The number of hydrogen-bond acceptors (Lipinski definition) is 5. The van der Waals surface area contributed by atoms with Crippen LogP contribution in [0, 0.1) is 0 Å². The van der Waals surface area contributed by atoms with E-state index in [-0.39, 0.29) is 5.78 Å². The number of carbonyl (C=O) groups is 1.